The van der Waals surface area contributed by atoms with Crippen molar-refractivity contribution in [3.05, 3.63) is 40.5 Å². The third kappa shape index (κ3) is 2.43. The minimum Gasteiger partial charge on any atom is -0.457 e. The first-order valence-corrected chi connectivity index (χ1v) is 6.97. The second-order valence-corrected chi connectivity index (χ2v) is 5.30. The topological polar surface area (TPSA) is 38.3 Å². The van der Waals surface area contributed by atoms with Crippen LogP contribution in [0.1, 0.15) is 46.3 Å². The van der Waals surface area contributed by atoms with Crippen LogP contribution in [-0.2, 0) is 11.3 Å². The van der Waals surface area contributed by atoms with Gasteiger partial charge in [-0.2, -0.15) is 0 Å². The van der Waals surface area contributed by atoms with Crippen molar-refractivity contribution in [1.29, 1.82) is 0 Å². The van der Waals surface area contributed by atoms with Gasteiger partial charge in [-0.15, -0.1) is 0 Å². The first kappa shape index (κ1) is 12.4. The van der Waals surface area contributed by atoms with E-state index in [1.807, 2.05) is 12.1 Å². The molecule has 1 fully saturated rings. The van der Waals surface area contributed by atoms with Gasteiger partial charge >= 0.3 is 5.97 Å². The smallest absolute Gasteiger partial charge is 0.338 e. The molecule has 0 saturated carbocycles. The SMILES string of the molecule is Cc1c(C=CC2CCCCN2)ccc2c1COC2=O. The minimum absolute atomic E-state index is 0.192. The average Bonchev–Trinajstić information content (AvgIpc) is 2.82. The van der Waals surface area contributed by atoms with Gasteiger partial charge in [0.25, 0.3) is 0 Å². The fraction of sp³-hybridized carbons (Fsp3) is 0.438. The molecule has 2 aliphatic rings. The molecule has 3 rings (SSSR count). The van der Waals surface area contributed by atoms with E-state index in [9.17, 15) is 4.79 Å². The standard InChI is InChI=1S/C16H19NO2/c1-11-12(5-7-13-4-2-3-9-17-13)6-8-14-15(11)10-19-16(14)18/h5-8,13,17H,2-4,9-10H2,1H3. The third-order valence-electron chi connectivity index (χ3n) is 4.06. The molecular formula is C16H19NO2. The fourth-order valence-corrected chi connectivity index (χ4v) is 2.81. The first-order chi connectivity index (χ1) is 9.25. The van der Waals surface area contributed by atoms with Gasteiger partial charge in [0.15, 0.2) is 0 Å². The monoisotopic (exact) mass is 257 g/mol. The summed E-state index contributed by atoms with van der Waals surface area (Å²) in [6.45, 7) is 3.60. The lowest BCUT2D eigenvalue weighted by molar-refractivity contribution is 0.0535. The predicted molar refractivity (Wildman–Crippen MR) is 75.0 cm³/mol. The summed E-state index contributed by atoms with van der Waals surface area (Å²) < 4.78 is 5.08. The molecule has 0 aromatic heterocycles. The van der Waals surface area contributed by atoms with Crippen molar-refractivity contribution in [3.63, 3.8) is 0 Å². The third-order valence-corrected chi connectivity index (χ3v) is 4.06. The van der Waals surface area contributed by atoms with Crippen molar-refractivity contribution >= 4 is 12.0 Å². The molecule has 1 unspecified atom stereocenters. The van der Waals surface area contributed by atoms with E-state index >= 15 is 0 Å². The number of ether oxygens (including phenoxy) is 1. The molecule has 0 radical (unpaired) electrons. The Morgan fingerprint density at radius 3 is 3.05 bits per heavy atom. The molecule has 1 N–H and O–H groups in total. The van der Waals surface area contributed by atoms with Crippen LogP contribution in [0, 0.1) is 6.92 Å². The Kier molecular flexibility index (Phi) is 3.38. The highest BCUT2D eigenvalue weighted by Crippen LogP contribution is 2.26. The molecule has 3 heteroatoms. The lowest BCUT2D eigenvalue weighted by Gasteiger charge is -2.20. The Labute approximate surface area is 113 Å². The van der Waals surface area contributed by atoms with Crippen LogP contribution in [0.4, 0.5) is 0 Å². The van der Waals surface area contributed by atoms with Gasteiger partial charge < -0.3 is 10.1 Å². The zero-order valence-electron chi connectivity index (χ0n) is 11.2. The summed E-state index contributed by atoms with van der Waals surface area (Å²) in [5, 5.41) is 3.50. The Morgan fingerprint density at radius 1 is 1.37 bits per heavy atom. The normalized spacial score (nSPS) is 22.6. The van der Waals surface area contributed by atoms with Crippen LogP contribution in [0.2, 0.25) is 0 Å². The van der Waals surface area contributed by atoms with E-state index < -0.39 is 0 Å². The maximum Gasteiger partial charge on any atom is 0.338 e. The number of hydrogen-bond acceptors (Lipinski definition) is 3. The number of carbonyl (C=O) groups excluding carboxylic acids is 1. The molecule has 100 valence electrons. The molecule has 1 aromatic rings. The Bertz CT molecular complexity index is 528. The van der Waals surface area contributed by atoms with E-state index in [0.717, 1.165) is 23.2 Å². The average molecular weight is 257 g/mol. The van der Waals surface area contributed by atoms with Gasteiger partial charge in [0, 0.05) is 11.6 Å². The van der Waals surface area contributed by atoms with Crippen LogP contribution in [0.25, 0.3) is 6.08 Å². The van der Waals surface area contributed by atoms with Crippen LogP contribution in [-0.4, -0.2) is 18.6 Å². The van der Waals surface area contributed by atoms with Crippen LogP contribution >= 0.6 is 0 Å². The largest absolute Gasteiger partial charge is 0.457 e. The van der Waals surface area contributed by atoms with Gasteiger partial charge in [-0.05, 0) is 43.5 Å². The van der Waals surface area contributed by atoms with Crippen LogP contribution in [0.3, 0.4) is 0 Å². The van der Waals surface area contributed by atoms with Gasteiger partial charge in [0.1, 0.15) is 6.61 Å². The summed E-state index contributed by atoms with van der Waals surface area (Å²) in [4.78, 5) is 11.5. The number of cyclic esters (lactones) is 1. The number of benzene rings is 1. The van der Waals surface area contributed by atoms with Crippen LogP contribution in [0.5, 0.6) is 0 Å². The molecule has 0 amide bonds. The van der Waals surface area contributed by atoms with Gasteiger partial charge in [-0.3, -0.25) is 0 Å². The minimum atomic E-state index is -0.192. The van der Waals surface area contributed by atoms with Crippen LogP contribution < -0.4 is 5.32 Å². The molecule has 1 saturated heterocycles. The molecule has 0 bridgehead atoms. The molecule has 3 nitrogen and oxygen atoms in total. The number of rotatable bonds is 2. The molecule has 19 heavy (non-hydrogen) atoms. The number of carbonyl (C=O) groups is 1. The van der Waals surface area contributed by atoms with Gasteiger partial charge in [0.05, 0.1) is 5.56 Å². The van der Waals surface area contributed by atoms with E-state index in [1.165, 1.54) is 24.8 Å². The maximum absolute atomic E-state index is 11.5. The van der Waals surface area contributed by atoms with Crippen molar-refractivity contribution < 1.29 is 9.53 Å². The number of hydrogen-bond donors (Lipinski definition) is 1. The van der Waals surface area contributed by atoms with E-state index in [2.05, 4.69) is 24.4 Å². The number of piperidine rings is 1. The van der Waals surface area contributed by atoms with Crippen molar-refractivity contribution in [2.75, 3.05) is 6.54 Å². The Morgan fingerprint density at radius 2 is 2.26 bits per heavy atom. The molecule has 1 atom stereocenters. The van der Waals surface area contributed by atoms with Crippen molar-refractivity contribution in [2.24, 2.45) is 0 Å². The zero-order valence-corrected chi connectivity index (χ0v) is 11.2. The fourth-order valence-electron chi connectivity index (χ4n) is 2.81. The molecule has 0 aliphatic carbocycles. The molecule has 0 spiro atoms. The molecule has 2 aliphatic heterocycles. The molecule has 1 aromatic carbocycles. The first-order valence-electron chi connectivity index (χ1n) is 6.97. The highest BCUT2D eigenvalue weighted by molar-refractivity contribution is 5.94. The lowest BCUT2D eigenvalue weighted by Crippen LogP contribution is -2.31. The summed E-state index contributed by atoms with van der Waals surface area (Å²) in [6, 6.07) is 4.38. The predicted octanol–water partition coefficient (Wildman–Crippen LogP) is 2.82. The summed E-state index contributed by atoms with van der Waals surface area (Å²) in [5.74, 6) is -0.192. The second kappa shape index (κ2) is 5.17. The van der Waals surface area contributed by atoms with E-state index in [-0.39, 0.29) is 5.97 Å². The molecule has 2 heterocycles. The molecular weight excluding hydrogens is 238 g/mol. The lowest BCUT2D eigenvalue weighted by atomic mass is 9.97. The summed E-state index contributed by atoms with van der Waals surface area (Å²) in [6.07, 6.45) is 8.20. The highest BCUT2D eigenvalue weighted by Gasteiger charge is 2.23. The van der Waals surface area contributed by atoms with Gasteiger partial charge in [-0.25, -0.2) is 4.79 Å². The quantitative estimate of drug-likeness (QED) is 0.828. The van der Waals surface area contributed by atoms with Crippen molar-refractivity contribution in [2.45, 2.75) is 38.8 Å². The number of esters is 1. The van der Waals surface area contributed by atoms with Gasteiger partial charge in [-0.1, -0.05) is 24.6 Å². The maximum atomic E-state index is 11.5. The van der Waals surface area contributed by atoms with Crippen LogP contribution in [0.15, 0.2) is 18.2 Å². The summed E-state index contributed by atoms with van der Waals surface area (Å²) in [5.41, 5.74) is 4.12. The zero-order chi connectivity index (χ0) is 13.2. The number of nitrogens with one attached hydrogen (secondary N) is 1. The Balaban J connectivity index is 1.82. The Hall–Kier alpha value is -1.61. The highest BCUT2D eigenvalue weighted by atomic mass is 16.5. The van der Waals surface area contributed by atoms with E-state index in [1.54, 1.807) is 0 Å². The van der Waals surface area contributed by atoms with Gasteiger partial charge in [0.2, 0.25) is 0 Å². The van der Waals surface area contributed by atoms with Crippen molar-refractivity contribution in [3.8, 4) is 0 Å². The van der Waals surface area contributed by atoms with Crippen molar-refractivity contribution in [1.82, 2.24) is 5.32 Å². The number of fused-ring (bicyclic) bond motifs is 1. The second-order valence-electron chi connectivity index (χ2n) is 5.30. The van der Waals surface area contributed by atoms with E-state index in [4.69, 9.17) is 4.74 Å². The summed E-state index contributed by atoms with van der Waals surface area (Å²) >= 11 is 0. The summed E-state index contributed by atoms with van der Waals surface area (Å²) in [7, 11) is 0. The van der Waals surface area contributed by atoms with E-state index in [0.29, 0.717) is 12.6 Å².